The van der Waals surface area contributed by atoms with Crippen LogP contribution in [-0.2, 0) is 15.8 Å². The number of alkyl halides is 3. The molecule has 1 aromatic rings. The average Bonchev–Trinajstić information content (AvgIpc) is 3.23. The molecule has 1 aromatic carbocycles. The van der Waals surface area contributed by atoms with Crippen LogP contribution in [0.2, 0.25) is 0 Å². The Morgan fingerprint density at radius 2 is 2.05 bits per heavy atom. The molecule has 1 saturated carbocycles. The lowest BCUT2D eigenvalue weighted by atomic mass is 10.1. The van der Waals surface area contributed by atoms with Crippen LogP contribution < -0.4 is 0 Å². The highest BCUT2D eigenvalue weighted by atomic mass is 19.4. The minimum absolute atomic E-state index is 0.0972. The van der Waals surface area contributed by atoms with Gasteiger partial charge in [0.1, 0.15) is 0 Å². The molecule has 0 aromatic heterocycles. The number of aliphatic carboxylic acids is 1. The normalized spacial score (nSPS) is 20.5. The van der Waals surface area contributed by atoms with E-state index in [0.29, 0.717) is 12.0 Å². The van der Waals surface area contributed by atoms with Crippen molar-refractivity contribution < 1.29 is 27.9 Å². The third kappa shape index (κ3) is 3.78. The molecule has 0 saturated heterocycles. The maximum absolute atomic E-state index is 12.7. The van der Waals surface area contributed by atoms with E-state index >= 15 is 0 Å². The monoisotopic (exact) mass is 315 g/mol. The van der Waals surface area contributed by atoms with Crippen molar-refractivity contribution in [2.75, 3.05) is 13.6 Å². The van der Waals surface area contributed by atoms with Gasteiger partial charge in [0.25, 0.3) is 0 Å². The van der Waals surface area contributed by atoms with Crippen LogP contribution in [0.5, 0.6) is 0 Å². The van der Waals surface area contributed by atoms with E-state index in [0.717, 1.165) is 12.1 Å². The van der Waals surface area contributed by atoms with E-state index < -0.39 is 17.7 Å². The number of carboxylic acids is 1. The van der Waals surface area contributed by atoms with Crippen LogP contribution in [0.15, 0.2) is 24.3 Å². The number of carbonyl (C=O) groups excluding carboxylic acids is 1. The predicted octanol–water partition coefficient (Wildman–Crippen LogP) is 2.74. The van der Waals surface area contributed by atoms with Gasteiger partial charge in [-0.1, -0.05) is 18.2 Å². The second-order valence-electron chi connectivity index (χ2n) is 5.48. The number of carbonyl (C=O) groups is 2. The first-order valence-corrected chi connectivity index (χ1v) is 6.84. The van der Waals surface area contributed by atoms with Crippen molar-refractivity contribution >= 4 is 11.9 Å². The lowest BCUT2D eigenvalue weighted by Crippen LogP contribution is -2.30. The van der Waals surface area contributed by atoms with Crippen molar-refractivity contribution in [2.24, 2.45) is 5.92 Å². The Morgan fingerprint density at radius 3 is 2.64 bits per heavy atom. The Labute approximate surface area is 125 Å². The second-order valence-corrected chi connectivity index (χ2v) is 5.48. The number of hydrogen-bond acceptors (Lipinski definition) is 2. The molecule has 1 aliphatic rings. The van der Waals surface area contributed by atoms with Gasteiger partial charge in [-0.3, -0.25) is 9.59 Å². The van der Waals surface area contributed by atoms with Crippen LogP contribution in [0.25, 0.3) is 0 Å². The van der Waals surface area contributed by atoms with Crippen molar-refractivity contribution in [3.05, 3.63) is 35.4 Å². The summed E-state index contributed by atoms with van der Waals surface area (Å²) < 4.78 is 38.0. The zero-order valence-electron chi connectivity index (χ0n) is 11.9. The molecule has 0 bridgehead atoms. The van der Waals surface area contributed by atoms with Crippen LogP contribution >= 0.6 is 0 Å². The molecule has 1 amide bonds. The summed E-state index contributed by atoms with van der Waals surface area (Å²) in [5.74, 6) is -1.79. The topological polar surface area (TPSA) is 57.6 Å². The lowest BCUT2D eigenvalue weighted by molar-refractivity contribution is -0.139. The fourth-order valence-corrected chi connectivity index (χ4v) is 2.44. The van der Waals surface area contributed by atoms with Crippen molar-refractivity contribution in [1.82, 2.24) is 4.90 Å². The Balaban J connectivity index is 2.00. The van der Waals surface area contributed by atoms with Crippen molar-refractivity contribution in [3.8, 4) is 0 Å². The van der Waals surface area contributed by atoms with Gasteiger partial charge in [0.05, 0.1) is 12.0 Å². The van der Waals surface area contributed by atoms with Gasteiger partial charge in [0, 0.05) is 19.5 Å². The molecule has 22 heavy (non-hydrogen) atoms. The summed E-state index contributed by atoms with van der Waals surface area (Å²) >= 11 is 0. The number of rotatable bonds is 5. The minimum atomic E-state index is -4.40. The molecule has 2 atom stereocenters. The van der Waals surface area contributed by atoms with E-state index in [-0.39, 0.29) is 30.7 Å². The third-order valence-electron chi connectivity index (χ3n) is 3.79. The van der Waals surface area contributed by atoms with Crippen molar-refractivity contribution in [1.29, 1.82) is 0 Å². The van der Waals surface area contributed by atoms with Gasteiger partial charge in [-0.2, -0.15) is 13.2 Å². The fraction of sp³-hybridized carbons (Fsp3) is 0.467. The number of benzene rings is 1. The first kappa shape index (κ1) is 16.3. The summed E-state index contributed by atoms with van der Waals surface area (Å²) in [6.45, 7) is 0.0972. The summed E-state index contributed by atoms with van der Waals surface area (Å²) in [4.78, 5) is 23.9. The fourth-order valence-electron chi connectivity index (χ4n) is 2.44. The van der Waals surface area contributed by atoms with Gasteiger partial charge in [-0.05, 0) is 24.0 Å². The Morgan fingerprint density at radius 1 is 1.36 bits per heavy atom. The molecule has 7 heteroatoms. The molecular formula is C15H16F3NO3. The largest absolute Gasteiger partial charge is 0.481 e. The number of hydrogen-bond donors (Lipinski definition) is 1. The highest BCUT2D eigenvalue weighted by Gasteiger charge is 2.45. The van der Waals surface area contributed by atoms with E-state index in [9.17, 15) is 22.8 Å². The SMILES string of the molecule is CN(CCC(=O)O)C(=O)C1CC1c1cccc(C(F)(F)F)c1. The molecule has 1 aliphatic carbocycles. The van der Waals surface area contributed by atoms with E-state index in [1.165, 1.54) is 18.0 Å². The molecule has 120 valence electrons. The van der Waals surface area contributed by atoms with E-state index in [1.807, 2.05) is 0 Å². The van der Waals surface area contributed by atoms with E-state index in [4.69, 9.17) is 5.11 Å². The molecule has 0 heterocycles. The molecule has 0 spiro atoms. The molecule has 1 N–H and O–H groups in total. The number of amides is 1. The quantitative estimate of drug-likeness (QED) is 0.909. The summed E-state index contributed by atoms with van der Waals surface area (Å²) in [6.07, 6.45) is -4.05. The van der Waals surface area contributed by atoms with Gasteiger partial charge in [0.2, 0.25) is 5.91 Å². The van der Waals surface area contributed by atoms with Crippen LogP contribution in [0.1, 0.15) is 29.9 Å². The first-order chi connectivity index (χ1) is 10.2. The highest BCUT2D eigenvalue weighted by molar-refractivity contribution is 5.83. The number of carboxylic acid groups (broad SMARTS) is 1. The Kier molecular flexibility index (Phi) is 4.44. The number of halogens is 3. The zero-order valence-corrected chi connectivity index (χ0v) is 11.9. The van der Waals surface area contributed by atoms with Crippen LogP contribution in [0, 0.1) is 5.92 Å². The maximum Gasteiger partial charge on any atom is 0.416 e. The van der Waals surface area contributed by atoms with Crippen LogP contribution in [-0.4, -0.2) is 35.5 Å². The van der Waals surface area contributed by atoms with Crippen molar-refractivity contribution in [2.45, 2.75) is 24.9 Å². The molecule has 2 unspecified atom stereocenters. The molecule has 1 fully saturated rings. The van der Waals surface area contributed by atoms with Gasteiger partial charge in [-0.15, -0.1) is 0 Å². The number of nitrogens with zero attached hydrogens (tertiary/aromatic N) is 1. The average molecular weight is 315 g/mol. The molecule has 0 aliphatic heterocycles. The molecular weight excluding hydrogens is 299 g/mol. The first-order valence-electron chi connectivity index (χ1n) is 6.84. The van der Waals surface area contributed by atoms with Gasteiger partial charge < -0.3 is 10.0 Å². The van der Waals surface area contributed by atoms with Crippen molar-refractivity contribution in [3.63, 3.8) is 0 Å². The molecule has 2 rings (SSSR count). The van der Waals surface area contributed by atoms with Gasteiger partial charge in [-0.25, -0.2) is 0 Å². The Hall–Kier alpha value is -2.05. The highest BCUT2D eigenvalue weighted by Crippen LogP contribution is 2.49. The lowest BCUT2D eigenvalue weighted by Gasteiger charge is -2.16. The third-order valence-corrected chi connectivity index (χ3v) is 3.79. The zero-order chi connectivity index (χ0) is 16.5. The smallest absolute Gasteiger partial charge is 0.416 e. The predicted molar refractivity (Wildman–Crippen MR) is 72.2 cm³/mol. The molecule has 0 radical (unpaired) electrons. The minimum Gasteiger partial charge on any atom is -0.481 e. The maximum atomic E-state index is 12.7. The van der Waals surface area contributed by atoms with Crippen LogP contribution in [0.3, 0.4) is 0 Å². The van der Waals surface area contributed by atoms with Crippen LogP contribution in [0.4, 0.5) is 13.2 Å². The van der Waals surface area contributed by atoms with E-state index in [2.05, 4.69) is 0 Å². The van der Waals surface area contributed by atoms with Gasteiger partial charge >= 0.3 is 12.1 Å². The summed E-state index contributed by atoms with van der Waals surface area (Å²) in [6, 6.07) is 5.01. The second kappa shape index (κ2) is 5.98. The molecule has 4 nitrogen and oxygen atoms in total. The van der Waals surface area contributed by atoms with Gasteiger partial charge in [0.15, 0.2) is 0 Å². The summed E-state index contributed by atoms with van der Waals surface area (Å²) in [7, 11) is 1.51. The Bertz CT molecular complexity index is 586. The van der Waals surface area contributed by atoms with E-state index in [1.54, 1.807) is 6.07 Å². The standard InChI is InChI=1S/C15H16F3NO3/c1-19(6-5-13(20)21)14(22)12-8-11(12)9-3-2-4-10(7-9)15(16,17)18/h2-4,7,11-12H,5-6,8H2,1H3,(H,20,21). The summed E-state index contributed by atoms with van der Waals surface area (Å²) in [5.41, 5.74) is -0.220. The summed E-state index contributed by atoms with van der Waals surface area (Å²) in [5, 5.41) is 8.59.